The van der Waals surface area contributed by atoms with Crippen LogP contribution >= 0.6 is 0 Å². The number of nitrogens with one attached hydrogen (secondary N) is 2. The van der Waals surface area contributed by atoms with Crippen LogP contribution in [0.2, 0.25) is 0 Å². The summed E-state index contributed by atoms with van der Waals surface area (Å²) in [5.74, 6) is 0.550. The quantitative estimate of drug-likeness (QED) is 0.643. The van der Waals surface area contributed by atoms with Crippen LogP contribution in [-0.4, -0.2) is 54.7 Å². The largest absolute Gasteiger partial charge is 0.369 e. The summed E-state index contributed by atoms with van der Waals surface area (Å²) in [6, 6.07) is 3.50. The van der Waals surface area contributed by atoms with Gasteiger partial charge >= 0.3 is 0 Å². The summed E-state index contributed by atoms with van der Waals surface area (Å²) < 4.78 is 0. The van der Waals surface area contributed by atoms with E-state index >= 15 is 0 Å². The van der Waals surface area contributed by atoms with E-state index in [-0.39, 0.29) is 5.91 Å². The van der Waals surface area contributed by atoms with Crippen LogP contribution in [0.1, 0.15) is 43.1 Å². The van der Waals surface area contributed by atoms with Crippen molar-refractivity contribution in [1.29, 1.82) is 0 Å². The monoisotopic (exact) mass is 293 g/mol. The molecule has 1 amide bonds. The zero-order chi connectivity index (χ0) is 15.5. The van der Waals surface area contributed by atoms with Crippen LogP contribution in [-0.2, 0) is 0 Å². The van der Waals surface area contributed by atoms with Gasteiger partial charge in [-0.25, -0.2) is 0 Å². The number of anilines is 1. The fourth-order valence-corrected chi connectivity index (χ4v) is 1.83. The summed E-state index contributed by atoms with van der Waals surface area (Å²) in [6.07, 6.45) is 4.31. The second kappa shape index (κ2) is 10.1. The molecule has 0 saturated carbocycles. The smallest absolute Gasteiger partial charge is 0.271 e. The van der Waals surface area contributed by atoms with E-state index in [4.69, 9.17) is 0 Å². The van der Waals surface area contributed by atoms with Crippen molar-refractivity contribution in [3.8, 4) is 0 Å². The molecule has 1 heterocycles. The van der Waals surface area contributed by atoms with Gasteiger partial charge in [-0.2, -0.15) is 0 Å². The Morgan fingerprint density at radius 3 is 2.57 bits per heavy atom. The Morgan fingerprint density at radius 1 is 1.14 bits per heavy atom. The topological polar surface area (TPSA) is 70.2 Å². The summed E-state index contributed by atoms with van der Waals surface area (Å²) in [4.78, 5) is 14.0. The van der Waals surface area contributed by atoms with Crippen LogP contribution in [0.4, 0.5) is 5.82 Å². The van der Waals surface area contributed by atoms with Crippen molar-refractivity contribution >= 4 is 11.7 Å². The van der Waals surface area contributed by atoms with E-state index in [1.807, 2.05) is 14.1 Å². The number of unbranched alkanes of at least 4 members (excludes halogenated alkanes) is 2. The molecule has 0 fully saturated rings. The third-order valence-corrected chi connectivity index (χ3v) is 3.05. The molecule has 0 aliphatic rings. The number of carbonyl (C=O) groups is 1. The second-order valence-electron chi connectivity index (χ2n) is 5.35. The Balaban J connectivity index is 2.30. The lowest BCUT2D eigenvalue weighted by Gasteiger charge is -2.10. The van der Waals surface area contributed by atoms with E-state index in [0.717, 1.165) is 38.8 Å². The molecule has 0 radical (unpaired) electrons. The summed E-state index contributed by atoms with van der Waals surface area (Å²) >= 11 is 0. The minimum absolute atomic E-state index is 0.155. The Morgan fingerprint density at radius 2 is 1.95 bits per heavy atom. The molecule has 0 saturated heterocycles. The van der Waals surface area contributed by atoms with E-state index in [2.05, 4.69) is 32.7 Å². The molecule has 118 valence electrons. The van der Waals surface area contributed by atoms with Gasteiger partial charge in [0.1, 0.15) is 5.82 Å². The van der Waals surface area contributed by atoms with Crippen LogP contribution in [0, 0.1) is 0 Å². The van der Waals surface area contributed by atoms with Crippen LogP contribution < -0.4 is 10.6 Å². The summed E-state index contributed by atoms with van der Waals surface area (Å²) in [7, 11) is 4.10. The van der Waals surface area contributed by atoms with Crippen molar-refractivity contribution in [2.45, 2.75) is 32.6 Å². The van der Waals surface area contributed by atoms with Gasteiger partial charge in [0.05, 0.1) is 0 Å². The van der Waals surface area contributed by atoms with E-state index in [0.29, 0.717) is 18.1 Å². The molecular formula is C15H27N5O. The second-order valence-corrected chi connectivity index (χ2v) is 5.35. The third kappa shape index (κ3) is 7.60. The average Bonchev–Trinajstić information content (AvgIpc) is 2.48. The number of hydrogen-bond donors (Lipinski definition) is 2. The molecule has 1 aromatic rings. The van der Waals surface area contributed by atoms with Gasteiger partial charge in [0.15, 0.2) is 5.69 Å². The van der Waals surface area contributed by atoms with E-state index in [9.17, 15) is 4.79 Å². The Bertz CT molecular complexity index is 405. The first-order valence-electron chi connectivity index (χ1n) is 7.64. The molecule has 0 atom stereocenters. The summed E-state index contributed by atoms with van der Waals surface area (Å²) in [5.41, 5.74) is 0.366. The molecule has 0 bridgehead atoms. The standard InChI is InChI=1S/C15H27N5O/c1-4-5-6-10-17-15(21)13-8-9-14(19-18-13)16-11-7-12-20(2)3/h8-9H,4-7,10-12H2,1-3H3,(H,16,19)(H,17,21). The first kappa shape index (κ1) is 17.4. The fourth-order valence-electron chi connectivity index (χ4n) is 1.83. The number of hydrogen-bond acceptors (Lipinski definition) is 5. The van der Waals surface area contributed by atoms with Gasteiger partial charge in [-0.15, -0.1) is 10.2 Å². The van der Waals surface area contributed by atoms with Gasteiger partial charge in [0, 0.05) is 13.1 Å². The maximum Gasteiger partial charge on any atom is 0.271 e. The molecule has 1 rings (SSSR count). The molecule has 1 aromatic heterocycles. The number of aromatic nitrogens is 2. The maximum atomic E-state index is 11.8. The molecule has 0 aliphatic carbocycles. The zero-order valence-corrected chi connectivity index (χ0v) is 13.4. The van der Waals surface area contributed by atoms with Crippen molar-refractivity contribution in [3.63, 3.8) is 0 Å². The highest BCUT2D eigenvalue weighted by atomic mass is 16.1. The number of nitrogens with zero attached hydrogens (tertiary/aromatic N) is 3. The van der Waals surface area contributed by atoms with Crippen molar-refractivity contribution in [2.24, 2.45) is 0 Å². The first-order chi connectivity index (χ1) is 10.1. The first-order valence-corrected chi connectivity index (χ1v) is 7.64. The summed E-state index contributed by atoms with van der Waals surface area (Å²) in [5, 5.41) is 14.0. The van der Waals surface area contributed by atoms with Gasteiger partial charge in [-0.05, 0) is 45.6 Å². The predicted molar refractivity (Wildman–Crippen MR) is 85.6 cm³/mol. The Kier molecular flexibility index (Phi) is 8.35. The molecule has 0 unspecified atom stereocenters. The number of carbonyl (C=O) groups excluding carboxylic acids is 1. The molecule has 21 heavy (non-hydrogen) atoms. The number of amides is 1. The van der Waals surface area contributed by atoms with Gasteiger partial charge in [0.25, 0.3) is 5.91 Å². The van der Waals surface area contributed by atoms with Crippen molar-refractivity contribution in [1.82, 2.24) is 20.4 Å². The zero-order valence-electron chi connectivity index (χ0n) is 13.4. The van der Waals surface area contributed by atoms with Gasteiger partial charge < -0.3 is 15.5 Å². The highest BCUT2D eigenvalue weighted by Gasteiger charge is 2.07. The molecular weight excluding hydrogens is 266 g/mol. The third-order valence-electron chi connectivity index (χ3n) is 3.05. The highest BCUT2D eigenvalue weighted by Crippen LogP contribution is 2.02. The molecule has 6 heteroatoms. The molecule has 0 aromatic carbocycles. The lowest BCUT2D eigenvalue weighted by molar-refractivity contribution is 0.0947. The van der Waals surface area contributed by atoms with Crippen LogP contribution in [0.15, 0.2) is 12.1 Å². The minimum atomic E-state index is -0.155. The SMILES string of the molecule is CCCCCNC(=O)c1ccc(NCCCN(C)C)nn1. The van der Waals surface area contributed by atoms with Gasteiger partial charge in [-0.1, -0.05) is 19.8 Å². The average molecular weight is 293 g/mol. The van der Waals surface area contributed by atoms with Crippen molar-refractivity contribution in [2.75, 3.05) is 39.0 Å². The minimum Gasteiger partial charge on any atom is -0.369 e. The highest BCUT2D eigenvalue weighted by molar-refractivity contribution is 5.92. The molecule has 0 aliphatic heterocycles. The van der Waals surface area contributed by atoms with Crippen molar-refractivity contribution in [3.05, 3.63) is 17.8 Å². The predicted octanol–water partition coefficient (Wildman–Crippen LogP) is 1.76. The summed E-state index contributed by atoms with van der Waals surface area (Å²) in [6.45, 7) is 4.70. The van der Waals surface area contributed by atoms with E-state index in [1.54, 1.807) is 12.1 Å². The molecule has 2 N–H and O–H groups in total. The van der Waals surface area contributed by atoms with E-state index in [1.165, 1.54) is 0 Å². The Labute approximate surface area is 127 Å². The fraction of sp³-hybridized carbons (Fsp3) is 0.667. The Hall–Kier alpha value is -1.69. The molecule has 0 spiro atoms. The number of rotatable bonds is 10. The lowest BCUT2D eigenvalue weighted by atomic mass is 10.2. The van der Waals surface area contributed by atoms with Crippen LogP contribution in [0.5, 0.6) is 0 Å². The van der Waals surface area contributed by atoms with Crippen LogP contribution in [0.3, 0.4) is 0 Å². The van der Waals surface area contributed by atoms with Crippen LogP contribution in [0.25, 0.3) is 0 Å². The van der Waals surface area contributed by atoms with Crippen molar-refractivity contribution < 1.29 is 4.79 Å². The van der Waals surface area contributed by atoms with E-state index < -0.39 is 0 Å². The molecule has 6 nitrogen and oxygen atoms in total. The lowest BCUT2D eigenvalue weighted by Crippen LogP contribution is -2.25. The normalized spacial score (nSPS) is 10.7. The van der Waals surface area contributed by atoms with Gasteiger partial charge in [0.2, 0.25) is 0 Å². The van der Waals surface area contributed by atoms with Gasteiger partial charge in [-0.3, -0.25) is 4.79 Å². The maximum absolute atomic E-state index is 11.8.